The lowest BCUT2D eigenvalue weighted by Crippen LogP contribution is -2.51. The summed E-state index contributed by atoms with van der Waals surface area (Å²) in [6.07, 6.45) is -2.39. The lowest BCUT2D eigenvalue weighted by atomic mass is 10.2. The Labute approximate surface area is 112 Å². The third-order valence-electron chi connectivity index (χ3n) is 2.83. The Morgan fingerprint density at radius 3 is 2.44 bits per heavy atom. The van der Waals surface area contributed by atoms with Crippen LogP contribution in [0.4, 0.5) is 14.5 Å². The van der Waals surface area contributed by atoms with Gasteiger partial charge >= 0.3 is 0 Å². The number of hydrogen-bond donors (Lipinski definition) is 0. The third-order valence-corrected chi connectivity index (χ3v) is 3.36. The average Bonchev–Trinajstić information content (AvgIpc) is 2.30. The normalized spacial score (nSPS) is 17.6. The minimum atomic E-state index is -2.39. The van der Waals surface area contributed by atoms with E-state index in [4.69, 9.17) is 0 Å². The Morgan fingerprint density at radius 2 is 1.89 bits per heavy atom. The second-order valence-electron chi connectivity index (χ2n) is 4.15. The lowest BCUT2D eigenvalue weighted by Gasteiger charge is -2.34. The first kappa shape index (κ1) is 13.4. The predicted molar refractivity (Wildman–Crippen MR) is 68.9 cm³/mol. The Hall–Kier alpha value is -1.01. The van der Waals surface area contributed by atoms with Crippen LogP contribution in [0.2, 0.25) is 0 Å². The molecule has 0 aromatic heterocycles. The zero-order valence-electron chi connectivity index (χ0n) is 9.65. The van der Waals surface area contributed by atoms with Crippen molar-refractivity contribution in [3.05, 3.63) is 28.7 Å². The quantitative estimate of drug-likeness (QED) is 0.854. The van der Waals surface area contributed by atoms with Crippen LogP contribution in [0.25, 0.3) is 0 Å². The molecule has 1 amide bonds. The zero-order chi connectivity index (χ0) is 13.1. The van der Waals surface area contributed by atoms with E-state index >= 15 is 0 Å². The van der Waals surface area contributed by atoms with Gasteiger partial charge in [0.15, 0.2) is 0 Å². The molecule has 0 radical (unpaired) electrons. The molecule has 1 heterocycles. The van der Waals surface area contributed by atoms with Gasteiger partial charge in [-0.2, -0.15) is 0 Å². The Balaban J connectivity index is 2.01. The highest BCUT2D eigenvalue weighted by Gasteiger charge is 2.26. The first-order valence-corrected chi connectivity index (χ1v) is 6.42. The molecule has 1 aromatic rings. The molecule has 1 aliphatic rings. The molecule has 0 saturated carbocycles. The van der Waals surface area contributed by atoms with E-state index in [2.05, 4.69) is 15.9 Å². The summed E-state index contributed by atoms with van der Waals surface area (Å²) < 4.78 is 25.4. The number of alkyl halides is 2. The fourth-order valence-electron chi connectivity index (χ4n) is 1.97. The highest BCUT2D eigenvalue weighted by molar-refractivity contribution is 9.10. The van der Waals surface area contributed by atoms with Gasteiger partial charge in [-0.25, -0.2) is 8.78 Å². The van der Waals surface area contributed by atoms with Gasteiger partial charge in [0.25, 0.3) is 6.43 Å². The molecule has 0 atom stereocenters. The number of nitrogens with zero attached hydrogens (tertiary/aromatic N) is 2. The number of hydrogen-bond acceptors (Lipinski definition) is 2. The monoisotopic (exact) mass is 318 g/mol. The fraction of sp³-hybridized carbons (Fsp3) is 0.417. The molecule has 1 fully saturated rings. The van der Waals surface area contributed by atoms with Crippen LogP contribution < -0.4 is 4.90 Å². The van der Waals surface area contributed by atoms with Crippen molar-refractivity contribution in [3.8, 4) is 0 Å². The summed E-state index contributed by atoms with van der Waals surface area (Å²) in [6, 6.07) is 7.39. The molecular formula is C12H13BrF2N2O. The number of benzene rings is 1. The SMILES string of the molecule is O=C1CN(CC(F)F)CCN1c1ccc(Br)cc1. The minimum Gasteiger partial charge on any atom is -0.310 e. The van der Waals surface area contributed by atoms with Gasteiger partial charge in [0.1, 0.15) is 0 Å². The van der Waals surface area contributed by atoms with Crippen molar-refractivity contribution < 1.29 is 13.6 Å². The van der Waals surface area contributed by atoms with Crippen molar-refractivity contribution in [2.45, 2.75) is 6.43 Å². The molecule has 0 spiro atoms. The van der Waals surface area contributed by atoms with E-state index in [0.717, 1.165) is 10.2 Å². The van der Waals surface area contributed by atoms with Gasteiger partial charge in [-0.15, -0.1) is 0 Å². The van der Waals surface area contributed by atoms with Crippen molar-refractivity contribution in [1.29, 1.82) is 0 Å². The van der Waals surface area contributed by atoms with E-state index in [-0.39, 0.29) is 19.0 Å². The number of anilines is 1. The van der Waals surface area contributed by atoms with Crippen molar-refractivity contribution in [1.82, 2.24) is 4.90 Å². The number of carbonyl (C=O) groups excluding carboxylic acids is 1. The molecule has 0 unspecified atom stereocenters. The molecule has 0 bridgehead atoms. The topological polar surface area (TPSA) is 23.6 Å². The van der Waals surface area contributed by atoms with E-state index in [1.54, 1.807) is 4.90 Å². The molecule has 0 aliphatic carbocycles. The number of piperazine rings is 1. The Morgan fingerprint density at radius 1 is 1.22 bits per heavy atom. The van der Waals surface area contributed by atoms with Gasteiger partial charge in [0.2, 0.25) is 5.91 Å². The lowest BCUT2D eigenvalue weighted by molar-refractivity contribution is -0.121. The van der Waals surface area contributed by atoms with Gasteiger partial charge in [-0.3, -0.25) is 9.69 Å². The molecule has 2 rings (SSSR count). The van der Waals surface area contributed by atoms with Gasteiger partial charge < -0.3 is 4.90 Å². The Bertz CT molecular complexity index is 425. The van der Waals surface area contributed by atoms with Crippen molar-refractivity contribution in [2.24, 2.45) is 0 Å². The number of halogens is 3. The highest BCUT2D eigenvalue weighted by atomic mass is 79.9. The molecule has 0 N–H and O–H groups in total. The van der Waals surface area contributed by atoms with Gasteiger partial charge in [0, 0.05) is 23.2 Å². The zero-order valence-corrected chi connectivity index (χ0v) is 11.2. The van der Waals surface area contributed by atoms with Crippen LogP contribution in [-0.4, -0.2) is 43.4 Å². The first-order valence-electron chi connectivity index (χ1n) is 5.62. The van der Waals surface area contributed by atoms with Crippen molar-refractivity contribution in [2.75, 3.05) is 31.1 Å². The van der Waals surface area contributed by atoms with Crippen LogP contribution in [0.15, 0.2) is 28.7 Å². The molecule has 1 aliphatic heterocycles. The number of rotatable bonds is 3. The summed E-state index contributed by atoms with van der Waals surface area (Å²) in [6.45, 7) is 0.652. The highest BCUT2D eigenvalue weighted by Crippen LogP contribution is 2.20. The van der Waals surface area contributed by atoms with Gasteiger partial charge in [-0.05, 0) is 24.3 Å². The van der Waals surface area contributed by atoms with E-state index in [0.29, 0.717) is 13.1 Å². The number of carbonyl (C=O) groups is 1. The van der Waals surface area contributed by atoms with Gasteiger partial charge in [0.05, 0.1) is 13.1 Å². The third kappa shape index (κ3) is 3.26. The van der Waals surface area contributed by atoms with Gasteiger partial charge in [-0.1, -0.05) is 15.9 Å². The van der Waals surface area contributed by atoms with E-state index in [1.165, 1.54) is 4.90 Å². The molecule has 98 valence electrons. The van der Waals surface area contributed by atoms with Crippen molar-refractivity contribution in [3.63, 3.8) is 0 Å². The molecule has 6 heteroatoms. The van der Waals surface area contributed by atoms with E-state index in [1.807, 2.05) is 24.3 Å². The van der Waals surface area contributed by atoms with Crippen LogP contribution in [0.3, 0.4) is 0 Å². The smallest absolute Gasteiger partial charge is 0.251 e. The molecular weight excluding hydrogens is 306 g/mol. The summed E-state index contributed by atoms with van der Waals surface area (Å²) in [5, 5.41) is 0. The fourth-order valence-corrected chi connectivity index (χ4v) is 2.23. The second-order valence-corrected chi connectivity index (χ2v) is 5.06. The second kappa shape index (κ2) is 5.75. The largest absolute Gasteiger partial charge is 0.310 e. The number of amides is 1. The molecule has 1 saturated heterocycles. The van der Waals surface area contributed by atoms with Crippen LogP contribution in [0.1, 0.15) is 0 Å². The molecule has 1 aromatic carbocycles. The first-order chi connectivity index (χ1) is 8.56. The van der Waals surface area contributed by atoms with Crippen LogP contribution >= 0.6 is 15.9 Å². The van der Waals surface area contributed by atoms with Crippen LogP contribution in [0.5, 0.6) is 0 Å². The molecule has 18 heavy (non-hydrogen) atoms. The standard InChI is InChI=1S/C12H13BrF2N2O/c13-9-1-3-10(4-2-9)17-6-5-16(7-11(14)15)8-12(17)18/h1-4,11H,5-8H2. The Kier molecular flexibility index (Phi) is 4.29. The summed E-state index contributed by atoms with van der Waals surface area (Å²) in [5.74, 6) is -0.135. The average molecular weight is 319 g/mol. The summed E-state index contributed by atoms with van der Waals surface area (Å²) in [4.78, 5) is 15.0. The summed E-state index contributed by atoms with van der Waals surface area (Å²) in [5.41, 5.74) is 0.805. The van der Waals surface area contributed by atoms with E-state index < -0.39 is 6.43 Å². The van der Waals surface area contributed by atoms with Crippen molar-refractivity contribution >= 4 is 27.5 Å². The maximum Gasteiger partial charge on any atom is 0.251 e. The summed E-state index contributed by atoms with van der Waals surface area (Å²) in [7, 11) is 0. The van der Waals surface area contributed by atoms with E-state index in [9.17, 15) is 13.6 Å². The minimum absolute atomic E-state index is 0.0560. The van der Waals surface area contributed by atoms with Crippen LogP contribution in [0, 0.1) is 0 Å². The van der Waals surface area contributed by atoms with Crippen LogP contribution in [-0.2, 0) is 4.79 Å². The molecule has 3 nitrogen and oxygen atoms in total. The predicted octanol–water partition coefficient (Wildman–Crippen LogP) is 2.36. The summed E-state index contributed by atoms with van der Waals surface area (Å²) >= 11 is 3.33. The maximum atomic E-state index is 12.2. The maximum absolute atomic E-state index is 12.2.